The Morgan fingerprint density at radius 1 is 0.952 bits per heavy atom. The van der Waals surface area contributed by atoms with Crippen LogP contribution in [0.15, 0.2) is 60.7 Å². The molecule has 2 aromatic carbocycles. The molecule has 0 aliphatic rings. The molecule has 3 nitrogen and oxygen atoms in total. The van der Waals surface area contributed by atoms with Crippen molar-refractivity contribution in [2.45, 2.75) is 5.92 Å². The molecule has 0 amide bonds. The van der Waals surface area contributed by atoms with Gasteiger partial charge in [-0.05, 0) is 11.1 Å². The normalized spacial score (nSPS) is 10.4. The molecule has 1 radical (unpaired) electrons. The highest BCUT2D eigenvalue weighted by Gasteiger charge is 2.26. The highest BCUT2D eigenvalue weighted by Crippen LogP contribution is 2.26. The van der Waals surface area contributed by atoms with Gasteiger partial charge in [0.15, 0.2) is 0 Å². The molecular weight excluding hydrogens is 288 g/mol. The number of benzene rings is 2. The smallest absolute Gasteiger partial charge is 0.325 e. The van der Waals surface area contributed by atoms with E-state index in [2.05, 4.69) is 0 Å². The first-order valence-electron chi connectivity index (χ1n) is 6.47. The lowest BCUT2D eigenvalue weighted by Crippen LogP contribution is -2.21. The van der Waals surface area contributed by atoms with Gasteiger partial charge in [0.1, 0.15) is 5.92 Å². The quantitative estimate of drug-likeness (QED) is 0.483. The van der Waals surface area contributed by atoms with Gasteiger partial charge in [0, 0.05) is 5.88 Å². The molecular formula is C17H14ClO3. The maximum Gasteiger partial charge on any atom is 0.325 e. The second kappa shape index (κ2) is 7.60. The molecule has 2 aromatic rings. The van der Waals surface area contributed by atoms with Crippen LogP contribution in [0.5, 0.6) is 0 Å². The number of hydrogen-bond donors (Lipinski definition) is 0. The van der Waals surface area contributed by atoms with Gasteiger partial charge in [0.25, 0.3) is 0 Å². The second-order valence-electron chi connectivity index (χ2n) is 4.35. The Labute approximate surface area is 128 Å². The summed E-state index contributed by atoms with van der Waals surface area (Å²) < 4.78 is 4.84. The molecule has 0 aliphatic carbocycles. The van der Waals surface area contributed by atoms with Crippen LogP contribution in [-0.4, -0.2) is 17.8 Å². The summed E-state index contributed by atoms with van der Waals surface area (Å²) in [5.41, 5.74) is 1.54. The van der Waals surface area contributed by atoms with Gasteiger partial charge in [0.2, 0.25) is 0 Å². The summed E-state index contributed by atoms with van der Waals surface area (Å²) in [5.74, 6) is -1.97. The summed E-state index contributed by atoms with van der Waals surface area (Å²) in [7, 11) is 0. The summed E-state index contributed by atoms with van der Waals surface area (Å²) in [6.45, 7) is 0. The Balaban J connectivity index is 2.29. The fourth-order valence-corrected chi connectivity index (χ4v) is 2.14. The molecule has 0 spiro atoms. The second-order valence-corrected chi connectivity index (χ2v) is 4.66. The number of alkyl halides is 1. The van der Waals surface area contributed by atoms with E-state index in [1.165, 1.54) is 0 Å². The number of rotatable bonds is 5. The highest BCUT2D eigenvalue weighted by atomic mass is 35.5. The van der Waals surface area contributed by atoms with Crippen LogP contribution >= 0.6 is 11.6 Å². The van der Waals surface area contributed by atoms with Gasteiger partial charge in [-0.15, -0.1) is 11.6 Å². The molecule has 21 heavy (non-hydrogen) atoms. The van der Waals surface area contributed by atoms with E-state index in [0.717, 1.165) is 17.5 Å². The van der Waals surface area contributed by atoms with E-state index in [1.54, 1.807) is 0 Å². The van der Waals surface area contributed by atoms with Crippen LogP contribution in [0.3, 0.4) is 0 Å². The summed E-state index contributed by atoms with van der Waals surface area (Å²) in [6, 6.07) is 18.4. The predicted molar refractivity (Wildman–Crippen MR) is 80.8 cm³/mol. The number of halogens is 1. The van der Waals surface area contributed by atoms with E-state index >= 15 is 0 Å². The van der Waals surface area contributed by atoms with Gasteiger partial charge < -0.3 is 4.74 Å². The third-order valence-corrected chi connectivity index (χ3v) is 3.10. The van der Waals surface area contributed by atoms with E-state index in [1.807, 2.05) is 60.7 Å². The molecule has 107 valence electrons. The zero-order valence-corrected chi connectivity index (χ0v) is 12.0. The van der Waals surface area contributed by atoms with E-state index in [-0.39, 0.29) is 5.88 Å². The average Bonchev–Trinajstić information content (AvgIpc) is 2.50. The number of carbonyl (C=O) groups excluding carboxylic acids is 2. The lowest BCUT2D eigenvalue weighted by molar-refractivity contribution is -0.157. The molecule has 0 aromatic heterocycles. The molecule has 0 saturated carbocycles. The van der Waals surface area contributed by atoms with Gasteiger partial charge in [-0.25, -0.2) is 0 Å². The van der Waals surface area contributed by atoms with Crippen molar-refractivity contribution in [3.05, 3.63) is 78.2 Å². The monoisotopic (exact) mass is 301 g/mol. The molecule has 0 aliphatic heterocycles. The lowest BCUT2D eigenvalue weighted by Gasteiger charge is -2.16. The topological polar surface area (TPSA) is 43.4 Å². The van der Waals surface area contributed by atoms with Crippen molar-refractivity contribution >= 4 is 23.5 Å². The maximum atomic E-state index is 12.3. The zero-order chi connectivity index (χ0) is 15.1. The molecule has 0 heterocycles. The summed E-state index contributed by atoms with van der Waals surface area (Å²) >= 11 is 5.43. The summed E-state index contributed by atoms with van der Waals surface area (Å²) in [5, 5.41) is 0. The molecule has 0 fully saturated rings. The SMILES string of the molecule is O=C([CH]CCl)OC(=O)C(c1ccccc1)c1ccccc1. The molecule has 4 heteroatoms. The first-order chi connectivity index (χ1) is 10.2. The van der Waals surface area contributed by atoms with Crippen LogP contribution in [0.1, 0.15) is 17.0 Å². The Bertz CT molecular complexity index is 556. The van der Waals surface area contributed by atoms with Crippen molar-refractivity contribution < 1.29 is 14.3 Å². The van der Waals surface area contributed by atoms with Crippen LogP contribution < -0.4 is 0 Å². The molecule has 0 saturated heterocycles. The van der Waals surface area contributed by atoms with Gasteiger partial charge >= 0.3 is 11.9 Å². The third kappa shape index (κ3) is 4.17. The van der Waals surface area contributed by atoms with Crippen molar-refractivity contribution in [3.63, 3.8) is 0 Å². The summed E-state index contributed by atoms with van der Waals surface area (Å²) in [4.78, 5) is 23.8. The first kappa shape index (κ1) is 15.3. The first-order valence-corrected chi connectivity index (χ1v) is 7.00. The van der Waals surface area contributed by atoms with E-state index in [9.17, 15) is 9.59 Å². The Kier molecular flexibility index (Phi) is 5.52. The average molecular weight is 302 g/mol. The Hall–Kier alpha value is -2.13. The maximum absolute atomic E-state index is 12.3. The van der Waals surface area contributed by atoms with Crippen LogP contribution in [0.4, 0.5) is 0 Å². The fourth-order valence-electron chi connectivity index (χ4n) is 2.02. The van der Waals surface area contributed by atoms with E-state index in [0.29, 0.717) is 0 Å². The van der Waals surface area contributed by atoms with Gasteiger partial charge in [0.05, 0.1) is 6.42 Å². The molecule has 0 bridgehead atoms. The van der Waals surface area contributed by atoms with Crippen molar-refractivity contribution in [3.8, 4) is 0 Å². The van der Waals surface area contributed by atoms with E-state index in [4.69, 9.17) is 16.3 Å². The van der Waals surface area contributed by atoms with Crippen molar-refractivity contribution in [2.75, 3.05) is 5.88 Å². The minimum Gasteiger partial charge on any atom is -0.392 e. The highest BCUT2D eigenvalue weighted by molar-refractivity contribution is 6.20. The number of ether oxygens (including phenoxy) is 1. The molecule has 0 atom stereocenters. The van der Waals surface area contributed by atoms with Gasteiger partial charge in [-0.2, -0.15) is 0 Å². The van der Waals surface area contributed by atoms with Gasteiger partial charge in [-0.1, -0.05) is 60.7 Å². The van der Waals surface area contributed by atoms with Crippen LogP contribution in [0, 0.1) is 6.42 Å². The number of carbonyl (C=O) groups is 2. The summed E-state index contributed by atoms with van der Waals surface area (Å²) in [6.07, 6.45) is 1.12. The Morgan fingerprint density at radius 3 is 1.86 bits per heavy atom. The van der Waals surface area contributed by atoms with Crippen molar-refractivity contribution in [1.82, 2.24) is 0 Å². The fraction of sp³-hybridized carbons (Fsp3) is 0.118. The minimum absolute atomic E-state index is 0.00739. The van der Waals surface area contributed by atoms with Crippen LogP contribution in [-0.2, 0) is 14.3 Å². The van der Waals surface area contributed by atoms with Crippen LogP contribution in [0.25, 0.3) is 0 Å². The van der Waals surface area contributed by atoms with E-state index < -0.39 is 17.9 Å². The standard InChI is InChI=1S/C17H14ClO3/c18-12-11-15(19)21-17(20)16(13-7-3-1-4-8-13)14-9-5-2-6-10-14/h1-11,16H,12H2. The number of hydrogen-bond acceptors (Lipinski definition) is 3. The lowest BCUT2D eigenvalue weighted by atomic mass is 9.91. The molecule has 0 N–H and O–H groups in total. The van der Waals surface area contributed by atoms with Crippen LogP contribution in [0.2, 0.25) is 0 Å². The molecule has 0 unspecified atom stereocenters. The molecule has 2 rings (SSSR count). The Morgan fingerprint density at radius 2 is 1.43 bits per heavy atom. The zero-order valence-electron chi connectivity index (χ0n) is 11.2. The largest absolute Gasteiger partial charge is 0.392 e. The number of esters is 2. The third-order valence-electron chi connectivity index (χ3n) is 2.95. The van der Waals surface area contributed by atoms with Crippen molar-refractivity contribution in [2.24, 2.45) is 0 Å². The van der Waals surface area contributed by atoms with Crippen molar-refractivity contribution in [1.29, 1.82) is 0 Å². The predicted octanol–water partition coefficient (Wildman–Crippen LogP) is 3.33. The van der Waals surface area contributed by atoms with Gasteiger partial charge in [-0.3, -0.25) is 9.59 Å². The minimum atomic E-state index is -0.730.